The molecule has 2 aromatic rings. The summed E-state index contributed by atoms with van der Waals surface area (Å²) < 4.78 is 26.9. The number of hydrogen-bond donors (Lipinski definition) is 3. The van der Waals surface area contributed by atoms with E-state index in [0.29, 0.717) is 16.4 Å². The van der Waals surface area contributed by atoms with Gasteiger partial charge in [-0.15, -0.1) is 0 Å². The molecule has 20 heavy (non-hydrogen) atoms. The molecule has 0 saturated carbocycles. The Labute approximate surface area is 121 Å². The largest absolute Gasteiger partial charge is 0.326 e. The molecule has 4 N–H and O–H groups in total. The third-order valence-electron chi connectivity index (χ3n) is 2.73. The molecule has 1 atom stereocenters. The first-order valence-corrected chi connectivity index (χ1v) is 7.66. The van der Waals surface area contributed by atoms with E-state index in [0.717, 1.165) is 0 Å². The molecule has 1 unspecified atom stereocenters. The maximum absolute atomic E-state index is 12.2. The topological polar surface area (TPSA) is 114 Å². The van der Waals surface area contributed by atoms with E-state index in [1.807, 2.05) is 0 Å². The molecule has 0 bridgehead atoms. The van der Waals surface area contributed by atoms with E-state index in [2.05, 4.69) is 19.9 Å². The van der Waals surface area contributed by atoms with Crippen LogP contribution < -0.4 is 10.5 Å². The number of halogens is 1. The average molecular weight is 316 g/mol. The molecular formula is C11H14ClN5O2S. The number of hydrogen-bond acceptors (Lipinski definition) is 5. The van der Waals surface area contributed by atoms with Crippen molar-refractivity contribution in [2.75, 3.05) is 0 Å². The number of sulfonamides is 1. The molecule has 7 nitrogen and oxygen atoms in total. The second-order valence-corrected chi connectivity index (χ2v) is 6.29. The molecular weight excluding hydrogens is 302 g/mol. The summed E-state index contributed by atoms with van der Waals surface area (Å²) in [6.07, 6.45) is 1.31. The van der Waals surface area contributed by atoms with Crippen LogP contribution in [-0.2, 0) is 16.6 Å². The summed E-state index contributed by atoms with van der Waals surface area (Å²) in [6, 6.07) is 3.90. The van der Waals surface area contributed by atoms with Gasteiger partial charge in [0.15, 0.2) is 0 Å². The van der Waals surface area contributed by atoms with Gasteiger partial charge in [-0.25, -0.2) is 18.1 Å². The fourth-order valence-corrected chi connectivity index (χ4v) is 3.20. The number of benzene rings is 1. The number of nitrogens with zero attached hydrogens (tertiary/aromatic N) is 2. The van der Waals surface area contributed by atoms with Gasteiger partial charge in [-0.1, -0.05) is 17.7 Å². The Bertz CT molecular complexity index is 687. The molecule has 1 heterocycles. The predicted molar refractivity (Wildman–Crippen MR) is 74.5 cm³/mol. The highest BCUT2D eigenvalue weighted by molar-refractivity contribution is 7.89. The first-order valence-electron chi connectivity index (χ1n) is 5.80. The molecule has 0 fully saturated rings. The van der Waals surface area contributed by atoms with Crippen molar-refractivity contribution in [2.24, 2.45) is 5.73 Å². The van der Waals surface area contributed by atoms with E-state index in [1.165, 1.54) is 18.5 Å². The number of nitrogens with two attached hydrogens (primary N) is 1. The summed E-state index contributed by atoms with van der Waals surface area (Å²) in [4.78, 5) is 3.98. The summed E-state index contributed by atoms with van der Waals surface area (Å²) in [5.41, 5.74) is 6.17. The van der Waals surface area contributed by atoms with Gasteiger partial charge in [0.2, 0.25) is 10.0 Å². The number of aromatic amines is 1. The Kier molecular flexibility index (Phi) is 4.39. The Morgan fingerprint density at radius 3 is 2.80 bits per heavy atom. The molecule has 1 aromatic carbocycles. The zero-order valence-corrected chi connectivity index (χ0v) is 12.2. The molecule has 0 spiro atoms. The SMILES string of the molecule is CC(NS(=O)(=O)c1ccc(CN)c(Cl)c1)c1ncn[nH]1. The van der Waals surface area contributed by atoms with E-state index in [9.17, 15) is 8.42 Å². The standard InChI is InChI=1S/C11H14ClN5O2S/c1-7(11-14-6-15-16-11)17-20(18,19)9-3-2-8(5-13)10(12)4-9/h2-4,6-7,17H,5,13H2,1H3,(H,14,15,16). The van der Waals surface area contributed by atoms with Crippen LogP contribution in [0.1, 0.15) is 24.4 Å². The molecule has 2 rings (SSSR count). The molecule has 0 amide bonds. The lowest BCUT2D eigenvalue weighted by Gasteiger charge is -2.12. The van der Waals surface area contributed by atoms with Crippen molar-refractivity contribution in [2.45, 2.75) is 24.4 Å². The fourth-order valence-electron chi connectivity index (χ4n) is 1.64. The van der Waals surface area contributed by atoms with Crippen molar-refractivity contribution >= 4 is 21.6 Å². The second-order valence-electron chi connectivity index (χ2n) is 4.17. The quantitative estimate of drug-likeness (QED) is 0.760. The number of nitrogens with one attached hydrogen (secondary N) is 2. The molecule has 0 aliphatic rings. The summed E-state index contributed by atoms with van der Waals surface area (Å²) in [7, 11) is -3.70. The normalized spacial score (nSPS) is 13.3. The van der Waals surface area contributed by atoms with Crippen LogP contribution in [0.2, 0.25) is 5.02 Å². The third kappa shape index (κ3) is 3.15. The summed E-state index contributed by atoms with van der Waals surface area (Å²) in [6.45, 7) is 1.91. The van der Waals surface area contributed by atoms with Gasteiger partial charge in [-0.05, 0) is 24.6 Å². The molecule has 9 heteroatoms. The van der Waals surface area contributed by atoms with Gasteiger partial charge < -0.3 is 5.73 Å². The van der Waals surface area contributed by atoms with Gasteiger partial charge in [0.25, 0.3) is 0 Å². The van der Waals surface area contributed by atoms with Gasteiger partial charge >= 0.3 is 0 Å². The summed E-state index contributed by atoms with van der Waals surface area (Å²) in [5.74, 6) is 0.429. The predicted octanol–water partition coefficient (Wildman–Crippen LogP) is 0.956. The Morgan fingerprint density at radius 1 is 1.50 bits per heavy atom. The Balaban J connectivity index is 2.24. The van der Waals surface area contributed by atoms with Gasteiger partial charge in [0, 0.05) is 11.6 Å². The number of aromatic nitrogens is 3. The highest BCUT2D eigenvalue weighted by Gasteiger charge is 2.20. The van der Waals surface area contributed by atoms with Crippen LogP contribution in [0, 0.1) is 0 Å². The zero-order chi connectivity index (χ0) is 14.8. The van der Waals surface area contributed by atoms with E-state index < -0.39 is 16.1 Å². The van der Waals surface area contributed by atoms with Crippen molar-refractivity contribution in [3.05, 3.63) is 40.9 Å². The maximum atomic E-state index is 12.2. The molecule has 0 aliphatic carbocycles. The summed E-state index contributed by atoms with van der Waals surface area (Å²) >= 11 is 5.97. The van der Waals surface area contributed by atoms with Crippen molar-refractivity contribution in [3.63, 3.8) is 0 Å². The molecule has 0 radical (unpaired) electrons. The van der Waals surface area contributed by atoms with Gasteiger partial charge in [0.1, 0.15) is 12.2 Å². The number of H-pyrrole nitrogens is 1. The average Bonchev–Trinajstić information content (AvgIpc) is 2.92. The Morgan fingerprint density at radius 2 is 2.25 bits per heavy atom. The molecule has 0 saturated heterocycles. The van der Waals surface area contributed by atoms with Crippen LogP contribution in [0.4, 0.5) is 0 Å². The van der Waals surface area contributed by atoms with Crippen LogP contribution in [0.3, 0.4) is 0 Å². The van der Waals surface area contributed by atoms with Crippen molar-refractivity contribution < 1.29 is 8.42 Å². The lowest BCUT2D eigenvalue weighted by atomic mass is 10.2. The third-order valence-corrected chi connectivity index (χ3v) is 4.62. The van der Waals surface area contributed by atoms with Crippen LogP contribution >= 0.6 is 11.6 Å². The molecule has 1 aromatic heterocycles. The van der Waals surface area contributed by atoms with E-state index in [1.54, 1.807) is 13.0 Å². The highest BCUT2D eigenvalue weighted by Crippen LogP contribution is 2.21. The van der Waals surface area contributed by atoms with Crippen LogP contribution in [0.5, 0.6) is 0 Å². The zero-order valence-electron chi connectivity index (χ0n) is 10.7. The summed E-state index contributed by atoms with van der Waals surface area (Å²) in [5, 5.41) is 6.61. The maximum Gasteiger partial charge on any atom is 0.241 e. The minimum Gasteiger partial charge on any atom is -0.326 e. The second kappa shape index (κ2) is 5.88. The lowest BCUT2D eigenvalue weighted by Crippen LogP contribution is -2.27. The monoisotopic (exact) mass is 315 g/mol. The van der Waals surface area contributed by atoms with Gasteiger partial charge in [-0.2, -0.15) is 5.10 Å². The lowest BCUT2D eigenvalue weighted by molar-refractivity contribution is 0.560. The van der Waals surface area contributed by atoms with Crippen LogP contribution in [0.25, 0.3) is 0 Å². The minimum absolute atomic E-state index is 0.0751. The van der Waals surface area contributed by atoms with Crippen LogP contribution in [-0.4, -0.2) is 23.6 Å². The van der Waals surface area contributed by atoms with Crippen molar-refractivity contribution in [3.8, 4) is 0 Å². The minimum atomic E-state index is -3.70. The van der Waals surface area contributed by atoms with Crippen molar-refractivity contribution in [1.29, 1.82) is 0 Å². The van der Waals surface area contributed by atoms with Crippen molar-refractivity contribution in [1.82, 2.24) is 19.9 Å². The molecule has 0 aliphatic heterocycles. The highest BCUT2D eigenvalue weighted by atomic mass is 35.5. The molecule has 108 valence electrons. The van der Waals surface area contributed by atoms with Gasteiger partial charge in [0.05, 0.1) is 10.9 Å². The first-order chi connectivity index (χ1) is 9.44. The van der Waals surface area contributed by atoms with E-state index in [-0.39, 0.29) is 11.4 Å². The van der Waals surface area contributed by atoms with Gasteiger partial charge in [-0.3, -0.25) is 5.10 Å². The number of rotatable bonds is 5. The Hall–Kier alpha value is -1.48. The van der Waals surface area contributed by atoms with E-state index in [4.69, 9.17) is 17.3 Å². The fraction of sp³-hybridized carbons (Fsp3) is 0.273. The first kappa shape index (κ1) is 14.9. The van der Waals surface area contributed by atoms with E-state index >= 15 is 0 Å². The van der Waals surface area contributed by atoms with Crippen LogP contribution in [0.15, 0.2) is 29.4 Å². The smallest absolute Gasteiger partial charge is 0.241 e.